The lowest BCUT2D eigenvalue weighted by Crippen LogP contribution is -2.37. The van der Waals surface area contributed by atoms with Crippen LogP contribution in [0.3, 0.4) is 0 Å². The van der Waals surface area contributed by atoms with Crippen molar-refractivity contribution in [1.82, 2.24) is 4.72 Å². The van der Waals surface area contributed by atoms with Gasteiger partial charge in [-0.2, -0.15) is 0 Å². The number of aliphatic hydroxyl groups is 1. The topological polar surface area (TPSA) is 66.4 Å². The van der Waals surface area contributed by atoms with E-state index in [4.69, 9.17) is 28.3 Å². The quantitative estimate of drug-likeness (QED) is 0.874. The van der Waals surface area contributed by atoms with Crippen LogP contribution in [0.2, 0.25) is 10.0 Å². The summed E-state index contributed by atoms with van der Waals surface area (Å²) in [6.45, 7) is 1.51. The zero-order chi connectivity index (χ0) is 13.1. The van der Waals surface area contributed by atoms with Gasteiger partial charge in [0, 0.05) is 11.1 Å². The van der Waals surface area contributed by atoms with Gasteiger partial charge in [0.2, 0.25) is 10.0 Å². The molecule has 7 heteroatoms. The highest BCUT2D eigenvalue weighted by atomic mass is 35.5. The Morgan fingerprint density at radius 1 is 1.41 bits per heavy atom. The summed E-state index contributed by atoms with van der Waals surface area (Å²) in [6.07, 6.45) is 0.487. The summed E-state index contributed by atoms with van der Waals surface area (Å²) in [4.78, 5) is -0.0459. The lowest BCUT2D eigenvalue weighted by atomic mass is 10.3. The molecule has 0 aliphatic rings. The first-order valence-corrected chi connectivity index (χ1v) is 7.23. The first-order chi connectivity index (χ1) is 7.90. The van der Waals surface area contributed by atoms with Gasteiger partial charge in [-0.1, -0.05) is 30.1 Å². The van der Waals surface area contributed by atoms with Crippen LogP contribution in [0.5, 0.6) is 0 Å². The van der Waals surface area contributed by atoms with Crippen molar-refractivity contribution in [3.05, 3.63) is 28.2 Å². The molecule has 0 spiro atoms. The first kappa shape index (κ1) is 14.7. The predicted molar refractivity (Wildman–Crippen MR) is 67.9 cm³/mol. The fourth-order valence-electron chi connectivity index (χ4n) is 1.23. The van der Waals surface area contributed by atoms with Crippen molar-refractivity contribution in [2.24, 2.45) is 0 Å². The first-order valence-electron chi connectivity index (χ1n) is 4.99. The molecule has 0 saturated carbocycles. The fourth-order valence-corrected chi connectivity index (χ4v) is 3.31. The van der Waals surface area contributed by atoms with E-state index in [1.54, 1.807) is 6.92 Å². The van der Waals surface area contributed by atoms with Gasteiger partial charge in [-0.3, -0.25) is 0 Å². The van der Waals surface area contributed by atoms with Crippen molar-refractivity contribution in [3.8, 4) is 0 Å². The fraction of sp³-hybridized carbons (Fsp3) is 0.400. The van der Waals surface area contributed by atoms with Crippen LogP contribution in [0.1, 0.15) is 13.3 Å². The van der Waals surface area contributed by atoms with Gasteiger partial charge in [-0.15, -0.1) is 0 Å². The molecule has 0 fully saturated rings. The Hall–Kier alpha value is -0.330. The highest BCUT2D eigenvalue weighted by molar-refractivity contribution is 7.89. The minimum absolute atomic E-state index is 0.0459. The van der Waals surface area contributed by atoms with Crippen molar-refractivity contribution in [3.63, 3.8) is 0 Å². The minimum Gasteiger partial charge on any atom is -0.395 e. The van der Waals surface area contributed by atoms with Crippen LogP contribution in [-0.2, 0) is 10.0 Å². The van der Waals surface area contributed by atoms with E-state index in [9.17, 15) is 8.42 Å². The van der Waals surface area contributed by atoms with Gasteiger partial charge >= 0.3 is 0 Å². The predicted octanol–water partition coefficient (Wildman–Crippen LogP) is 2.04. The summed E-state index contributed by atoms with van der Waals surface area (Å²) in [5, 5.41) is 9.39. The maximum atomic E-state index is 11.9. The Bertz CT molecular complexity index is 486. The zero-order valence-corrected chi connectivity index (χ0v) is 11.5. The van der Waals surface area contributed by atoms with Crippen molar-refractivity contribution >= 4 is 33.2 Å². The van der Waals surface area contributed by atoms with Gasteiger partial charge in [0.1, 0.15) is 4.90 Å². The smallest absolute Gasteiger partial charge is 0.242 e. The molecule has 2 N–H and O–H groups in total. The molecule has 17 heavy (non-hydrogen) atoms. The molecule has 0 bridgehead atoms. The van der Waals surface area contributed by atoms with E-state index in [0.717, 1.165) is 0 Å². The van der Waals surface area contributed by atoms with E-state index in [1.165, 1.54) is 18.2 Å². The highest BCUT2D eigenvalue weighted by Crippen LogP contribution is 2.25. The van der Waals surface area contributed by atoms with Crippen LogP contribution in [0.4, 0.5) is 0 Å². The number of nitrogens with one attached hydrogen (secondary N) is 1. The molecule has 0 aliphatic heterocycles. The van der Waals surface area contributed by atoms with Gasteiger partial charge in [-0.05, 0) is 24.6 Å². The SMILES string of the molecule is CCC(CO)NS(=O)(=O)c1ccc(Cl)cc1Cl. The third kappa shape index (κ3) is 3.82. The van der Waals surface area contributed by atoms with Crippen LogP contribution in [0, 0.1) is 0 Å². The second-order valence-electron chi connectivity index (χ2n) is 3.48. The summed E-state index contributed by atoms with van der Waals surface area (Å²) >= 11 is 11.5. The third-order valence-corrected chi connectivity index (χ3v) is 4.46. The largest absolute Gasteiger partial charge is 0.395 e. The van der Waals surface area contributed by atoms with Crippen molar-refractivity contribution in [2.45, 2.75) is 24.3 Å². The molecule has 1 rings (SSSR count). The molecule has 4 nitrogen and oxygen atoms in total. The monoisotopic (exact) mass is 297 g/mol. The molecule has 1 atom stereocenters. The number of halogens is 2. The zero-order valence-electron chi connectivity index (χ0n) is 9.15. The summed E-state index contributed by atoms with van der Waals surface area (Å²) < 4.78 is 26.2. The number of benzene rings is 1. The molecule has 1 aromatic carbocycles. The molecular formula is C10H13Cl2NO3S. The van der Waals surface area contributed by atoms with Gasteiger partial charge in [0.25, 0.3) is 0 Å². The number of aliphatic hydroxyl groups excluding tert-OH is 1. The third-order valence-electron chi connectivity index (χ3n) is 2.22. The Morgan fingerprint density at radius 2 is 2.06 bits per heavy atom. The van der Waals surface area contributed by atoms with Crippen LogP contribution in [0.25, 0.3) is 0 Å². The molecule has 0 saturated heterocycles. The molecule has 0 radical (unpaired) electrons. The Morgan fingerprint density at radius 3 is 2.53 bits per heavy atom. The summed E-state index contributed by atoms with van der Waals surface area (Å²) in [5.41, 5.74) is 0. The number of sulfonamides is 1. The lowest BCUT2D eigenvalue weighted by molar-refractivity contribution is 0.254. The molecule has 0 heterocycles. The number of hydrogen-bond acceptors (Lipinski definition) is 3. The van der Waals surface area contributed by atoms with Crippen LogP contribution in [0.15, 0.2) is 23.1 Å². The van der Waals surface area contributed by atoms with Gasteiger partial charge in [-0.25, -0.2) is 13.1 Å². The van der Waals surface area contributed by atoms with Crippen molar-refractivity contribution < 1.29 is 13.5 Å². The van der Waals surface area contributed by atoms with E-state index < -0.39 is 16.1 Å². The minimum atomic E-state index is -3.73. The molecule has 96 valence electrons. The lowest BCUT2D eigenvalue weighted by Gasteiger charge is -2.15. The average Bonchev–Trinajstić information content (AvgIpc) is 2.25. The van der Waals surface area contributed by atoms with E-state index in [0.29, 0.717) is 11.4 Å². The molecule has 1 aromatic rings. The van der Waals surface area contributed by atoms with E-state index in [-0.39, 0.29) is 16.5 Å². The normalized spacial score (nSPS) is 13.6. The van der Waals surface area contributed by atoms with Gasteiger partial charge in [0.15, 0.2) is 0 Å². The molecular weight excluding hydrogens is 285 g/mol. The summed E-state index contributed by atoms with van der Waals surface area (Å²) in [6, 6.07) is 3.61. The highest BCUT2D eigenvalue weighted by Gasteiger charge is 2.21. The van der Waals surface area contributed by atoms with Gasteiger partial charge in [0.05, 0.1) is 11.6 Å². The molecule has 0 aromatic heterocycles. The van der Waals surface area contributed by atoms with E-state index in [1.807, 2.05) is 0 Å². The van der Waals surface area contributed by atoms with Crippen LogP contribution in [-0.4, -0.2) is 26.2 Å². The van der Waals surface area contributed by atoms with Crippen LogP contribution < -0.4 is 4.72 Å². The maximum absolute atomic E-state index is 11.9. The molecule has 1 unspecified atom stereocenters. The van der Waals surface area contributed by atoms with Gasteiger partial charge < -0.3 is 5.11 Å². The molecule has 0 aliphatic carbocycles. The summed E-state index contributed by atoms with van der Waals surface area (Å²) in [7, 11) is -3.73. The summed E-state index contributed by atoms with van der Waals surface area (Å²) in [5.74, 6) is 0. The number of hydrogen-bond donors (Lipinski definition) is 2. The Labute approximate surface area is 111 Å². The van der Waals surface area contributed by atoms with E-state index >= 15 is 0 Å². The average molecular weight is 298 g/mol. The standard InChI is InChI=1S/C10H13Cl2NO3S/c1-2-8(6-14)13-17(15,16)10-4-3-7(11)5-9(10)12/h3-5,8,13-14H,2,6H2,1H3. The van der Waals surface area contributed by atoms with Crippen LogP contribution >= 0.6 is 23.2 Å². The molecule has 0 amide bonds. The number of rotatable bonds is 5. The van der Waals surface area contributed by atoms with Crippen molar-refractivity contribution in [2.75, 3.05) is 6.61 Å². The Balaban J connectivity index is 3.05. The maximum Gasteiger partial charge on any atom is 0.242 e. The van der Waals surface area contributed by atoms with E-state index in [2.05, 4.69) is 4.72 Å². The Kier molecular flexibility index (Phi) is 5.22. The second-order valence-corrected chi connectivity index (χ2v) is 6.01. The van der Waals surface area contributed by atoms with Crippen molar-refractivity contribution in [1.29, 1.82) is 0 Å². The second kappa shape index (κ2) is 6.02.